The molecule has 0 spiro atoms. The Labute approximate surface area is 126 Å². The topological polar surface area (TPSA) is 63.7 Å². The molecule has 0 aromatic heterocycles. The van der Waals surface area contributed by atoms with E-state index in [4.69, 9.17) is 4.74 Å². The van der Waals surface area contributed by atoms with Crippen molar-refractivity contribution in [3.05, 3.63) is 0 Å². The molecule has 2 heterocycles. The molecule has 0 aromatic carbocycles. The van der Waals surface area contributed by atoms with Gasteiger partial charge < -0.3 is 9.64 Å². The van der Waals surface area contributed by atoms with Gasteiger partial charge in [-0.3, -0.25) is 4.79 Å². The Morgan fingerprint density at radius 1 is 1.38 bits per heavy atom. The first-order valence-corrected chi connectivity index (χ1v) is 9.58. The summed E-state index contributed by atoms with van der Waals surface area (Å²) in [4.78, 5) is 14.7. The van der Waals surface area contributed by atoms with E-state index in [0.717, 1.165) is 6.42 Å². The Bertz CT molecular complexity index is 544. The van der Waals surface area contributed by atoms with Crippen LogP contribution < -0.4 is 0 Å². The minimum absolute atomic E-state index is 0.0711. The second-order valence-electron chi connectivity index (χ2n) is 7.29. The number of sulfone groups is 1. The van der Waals surface area contributed by atoms with Gasteiger partial charge in [0.15, 0.2) is 9.84 Å². The van der Waals surface area contributed by atoms with Gasteiger partial charge in [-0.1, -0.05) is 20.8 Å². The zero-order chi connectivity index (χ0) is 15.4. The SMILES string of the molecule is CC(C)C1(C)CC1C(=O)N1CCS(=O)(=O)C2COCCC21. The van der Waals surface area contributed by atoms with Gasteiger partial charge in [-0.25, -0.2) is 8.42 Å². The molecule has 3 fully saturated rings. The van der Waals surface area contributed by atoms with Crippen LogP contribution in [0.5, 0.6) is 0 Å². The van der Waals surface area contributed by atoms with Gasteiger partial charge in [-0.15, -0.1) is 0 Å². The zero-order valence-corrected chi connectivity index (χ0v) is 13.9. The Balaban J connectivity index is 1.79. The smallest absolute Gasteiger partial charge is 0.226 e. The summed E-state index contributed by atoms with van der Waals surface area (Å²) in [6.45, 7) is 7.63. The second-order valence-corrected chi connectivity index (χ2v) is 9.62. The van der Waals surface area contributed by atoms with Crippen molar-refractivity contribution in [3.63, 3.8) is 0 Å². The molecule has 21 heavy (non-hydrogen) atoms. The van der Waals surface area contributed by atoms with Gasteiger partial charge >= 0.3 is 0 Å². The Kier molecular flexibility index (Phi) is 3.60. The zero-order valence-electron chi connectivity index (χ0n) is 13.0. The minimum atomic E-state index is -3.12. The Hall–Kier alpha value is -0.620. The molecule has 6 heteroatoms. The number of amides is 1. The lowest BCUT2D eigenvalue weighted by atomic mass is 9.91. The highest BCUT2D eigenvalue weighted by atomic mass is 32.2. The monoisotopic (exact) mass is 315 g/mol. The highest BCUT2D eigenvalue weighted by molar-refractivity contribution is 7.92. The van der Waals surface area contributed by atoms with E-state index >= 15 is 0 Å². The first kappa shape index (κ1) is 15.3. The summed E-state index contributed by atoms with van der Waals surface area (Å²) in [5.74, 6) is 0.791. The molecule has 3 aliphatic rings. The van der Waals surface area contributed by atoms with E-state index in [1.165, 1.54) is 0 Å². The van der Waals surface area contributed by atoms with E-state index in [1.54, 1.807) is 0 Å². The molecule has 0 N–H and O–H groups in total. The van der Waals surface area contributed by atoms with Crippen molar-refractivity contribution >= 4 is 15.7 Å². The molecule has 120 valence electrons. The summed E-state index contributed by atoms with van der Waals surface area (Å²) >= 11 is 0. The number of fused-ring (bicyclic) bond motifs is 1. The molecule has 2 saturated heterocycles. The van der Waals surface area contributed by atoms with Crippen LogP contribution in [-0.4, -0.2) is 56.0 Å². The molecular weight excluding hydrogens is 290 g/mol. The molecular formula is C15H25NO4S. The van der Waals surface area contributed by atoms with Crippen LogP contribution in [0.4, 0.5) is 0 Å². The molecule has 4 atom stereocenters. The van der Waals surface area contributed by atoms with Crippen LogP contribution in [0.2, 0.25) is 0 Å². The number of nitrogens with zero attached hydrogens (tertiary/aromatic N) is 1. The molecule has 5 nitrogen and oxygen atoms in total. The Morgan fingerprint density at radius 2 is 2.10 bits per heavy atom. The molecule has 0 radical (unpaired) electrons. The van der Waals surface area contributed by atoms with E-state index in [1.807, 2.05) is 4.90 Å². The van der Waals surface area contributed by atoms with Gasteiger partial charge in [0.25, 0.3) is 0 Å². The average Bonchev–Trinajstić information content (AvgIpc) is 3.12. The number of carbonyl (C=O) groups excluding carboxylic acids is 1. The summed E-state index contributed by atoms with van der Waals surface area (Å²) in [6.07, 6.45) is 1.57. The summed E-state index contributed by atoms with van der Waals surface area (Å²) in [5.41, 5.74) is 0.0913. The summed E-state index contributed by atoms with van der Waals surface area (Å²) < 4.78 is 29.7. The molecule has 4 unspecified atom stereocenters. The average molecular weight is 315 g/mol. The summed E-state index contributed by atoms with van der Waals surface area (Å²) in [5, 5.41) is -0.520. The van der Waals surface area contributed by atoms with Gasteiger partial charge in [0, 0.05) is 19.1 Å². The molecule has 3 rings (SSSR count). The van der Waals surface area contributed by atoms with Gasteiger partial charge in [0.1, 0.15) is 5.25 Å². The molecule has 0 aromatic rings. The number of ether oxygens (including phenoxy) is 1. The van der Waals surface area contributed by atoms with Crippen molar-refractivity contribution in [1.82, 2.24) is 4.90 Å². The first-order valence-electron chi connectivity index (χ1n) is 7.87. The second kappa shape index (κ2) is 4.95. The molecule has 0 bridgehead atoms. The first-order chi connectivity index (χ1) is 9.77. The number of hydrogen-bond donors (Lipinski definition) is 0. The Morgan fingerprint density at radius 3 is 2.71 bits per heavy atom. The van der Waals surface area contributed by atoms with Crippen molar-refractivity contribution in [1.29, 1.82) is 0 Å². The minimum Gasteiger partial charge on any atom is -0.380 e. The fourth-order valence-corrected chi connectivity index (χ4v) is 5.62. The van der Waals surface area contributed by atoms with E-state index in [2.05, 4.69) is 20.8 Å². The van der Waals surface area contributed by atoms with Crippen LogP contribution in [-0.2, 0) is 19.4 Å². The standard InChI is InChI=1S/C15H25NO4S/c1-10(2)15(3)8-11(15)14(17)16-5-7-21(18,19)13-9-20-6-4-12(13)16/h10-13H,4-9H2,1-3H3. The third-order valence-corrected chi connectivity index (χ3v) is 8.05. The molecule has 1 saturated carbocycles. The largest absolute Gasteiger partial charge is 0.380 e. The number of rotatable bonds is 2. The lowest BCUT2D eigenvalue weighted by Gasteiger charge is -2.43. The van der Waals surface area contributed by atoms with Gasteiger partial charge in [0.05, 0.1) is 18.4 Å². The number of hydrogen-bond acceptors (Lipinski definition) is 4. The van der Waals surface area contributed by atoms with Crippen molar-refractivity contribution in [2.75, 3.05) is 25.5 Å². The predicted molar refractivity (Wildman–Crippen MR) is 79.6 cm³/mol. The van der Waals surface area contributed by atoms with Crippen LogP contribution in [0.1, 0.15) is 33.6 Å². The van der Waals surface area contributed by atoms with E-state index in [0.29, 0.717) is 25.5 Å². The number of carbonyl (C=O) groups is 1. The lowest BCUT2D eigenvalue weighted by Crippen LogP contribution is -2.60. The lowest BCUT2D eigenvalue weighted by molar-refractivity contribution is -0.137. The molecule has 1 aliphatic carbocycles. The van der Waals surface area contributed by atoms with Crippen molar-refractivity contribution in [3.8, 4) is 0 Å². The maximum atomic E-state index is 12.8. The van der Waals surface area contributed by atoms with Crippen LogP contribution in [0.3, 0.4) is 0 Å². The van der Waals surface area contributed by atoms with Crippen molar-refractivity contribution in [2.24, 2.45) is 17.3 Å². The van der Waals surface area contributed by atoms with Crippen LogP contribution in [0, 0.1) is 17.3 Å². The maximum Gasteiger partial charge on any atom is 0.226 e. The molecule has 1 amide bonds. The highest BCUT2D eigenvalue weighted by Gasteiger charge is 2.59. The quantitative estimate of drug-likeness (QED) is 0.765. The van der Waals surface area contributed by atoms with Gasteiger partial charge in [-0.05, 0) is 24.2 Å². The fourth-order valence-electron chi connectivity index (χ4n) is 3.81. The van der Waals surface area contributed by atoms with E-state index in [-0.39, 0.29) is 35.6 Å². The van der Waals surface area contributed by atoms with Crippen LogP contribution in [0.25, 0.3) is 0 Å². The summed E-state index contributed by atoms with van der Waals surface area (Å²) in [7, 11) is -3.12. The predicted octanol–water partition coefficient (Wildman–Crippen LogP) is 1.08. The van der Waals surface area contributed by atoms with Gasteiger partial charge in [0.2, 0.25) is 5.91 Å². The normalized spacial score (nSPS) is 41.7. The van der Waals surface area contributed by atoms with Crippen molar-refractivity contribution in [2.45, 2.75) is 44.9 Å². The van der Waals surface area contributed by atoms with E-state index < -0.39 is 15.1 Å². The third-order valence-electron chi connectivity index (χ3n) is 5.93. The van der Waals surface area contributed by atoms with Crippen LogP contribution in [0.15, 0.2) is 0 Å². The highest BCUT2D eigenvalue weighted by Crippen LogP contribution is 2.58. The third kappa shape index (κ3) is 2.40. The van der Waals surface area contributed by atoms with Crippen molar-refractivity contribution < 1.29 is 17.9 Å². The van der Waals surface area contributed by atoms with Gasteiger partial charge in [-0.2, -0.15) is 0 Å². The summed E-state index contributed by atoms with van der Waals surface area (Å²) in [6, 6.07) is -0.179. The van der Waals surface area contributed by atoms with Crippen LogP contribution >= 0.6 is 0 Å². The van der Waals surface area contributed by atoms with E-state index in [9.17, 15) is 13.2 Å². The molecule has 2 aliphatic heterocycles. The maximum absolute atomic E-state index is 12.8. The fraction of sp³-hybridized carbons (Fsp3) is 0.933.